The van der Waals surface area contributed by atoms with Gasteiger partial charge >= 0.3 is 5.97 Å². The number of carbonyl (C=O) groups is 1. The number of carbonyl (C=O) groups excluding carboxylic acids is 1. The summed E-state index contributed by atoms with van der Waals surface area (Å²) in [5.74, 6) is 0.0434. The van der Waals surface area contributed by atoms with E-state index in [0.717, 1.165) is 0 Å². The van der Waals surface area contributed by atoms with Crippen LogP contribution in [0.3, 0.4) is 0 Å². The van der Waals surface area contributed by atoms with Gasteiger partial charge in [0.1, 0.15) is 0 Å². The zero-order valence-electron chi connectivity index (χ0n) is 8.93. The van der Waals surface area contributed by atoms with Crippen LogP contribution < -0.4 is 0 Å². The van der Waals surface area contributed by atoms with E-state index >= 15 is 0 Å². The van der Waals surface area contributed by atoms with Crippen LogP contribution in [0.4, 0.5) is 0 Å². The van der Waals surface area contributed by atoms with Crippen LogP contribution in [0.2, 0.25) is 0 Å². The van der Waals surface area contributed by atoms with Gasteiger partial charge in [0.05, 0.1) is 12.5 Å². The lowest BCUT2D eigenvalue weighted by Crippen LogP contribution is -2.30. The topological polar surface area (TPSA) is 26.3 Å². The van der Waals surface area contributed by atoms with E-state index < -0.39 is 0 Å². The van der Waals surface area contributed by atoms with E-state index in [2.05, 4.69) is 6.92 Å². The molecule has 1 fully saturated rings. The summed E-state index contributed by atoms with van der Waals surface area (Å²) in [6.45, 7) is 6.58. The smallest absolute Gasteiger partial charge is 0.309 e. The molecule has 2 heteroatoms. The average Bonchev–Trinajstić information content (AvgIpc) is 2.52. The Balaban J connectivity index is 2.54. The first kappa shape index (κ1) is 10.6. The summed E-state index contributed by atoms with van der Waals surface area (Å²) in [6.07, 6.45) is 4.88. The van der Waals surface area contributed by atoms with Gasteiger partial charge in [-0.2, -0.15) is 0 Å². The Morgan fingerprint density at radius 3 is 2.46 bits per heavy atom. The van der Waals surface area contributed by atoms with Gasteiger partial charge in [0, 0.05) is 0 Å². The summed E-state index contributed by atoms with van der Waals surface area (Å²) in [6, 6.07) is 0. The third-order valence-corrected chi connectivity index (χ3v) is 3.43. The Hall–Kier alpha value is -0.530. The van der Waals surface area contributed by atoms with E-state index in [4.69, 9.17) is 4.74 Å². The Bertz CT molecular complexity index is 181. The molecule has 0 aliphatic heterocycles. The summed E-state index contributed by atoms with van der Waals surface area (Å²) in [7, 11) is 0. The minimum absolute atomic E-state index is 0.0214. The van der Waals surface area contributed by atoms with Crippen LogP contribution in [-0.2, 0) is 9.53 Å². The number of hydrogen-bond donors (Lipinski definition) is 0. The van der Waals surface area contributed by atoms with Crippen LogP contribution in [-0.4, -0.2) is 12.6 Å². The van der Waals surface area contributed by atoms with Gasteiger partial charge in [0.15, 0.2) is 0 Å². The molecular formula is C11H20O2. The monoisotopic (exact) mass is 184 g/mol. The Morgan fingerprint density at radius 1 is 1.46 bits per heavy atom. The maximum atomic E-state index is 11.5. The van der Waals surface area contributed by atoms with Gasteiger partial charge in [-0.15, -0.1) is 0 Å². The first-order valence-electron chi connectivity index (χ1n) is 5.27. The van der Waals surface area contributed by atoms with Crippen molar-refractivity contribution in [2.45, 2.75) is 46.5 Å². The van der Waals surface area contributed by atoms with E-state index in [9.17, 15) is 4.79 Å². The van der Waals surface area contributed by atoms with Crippen LogP contribution in [0.25, 0.3) is 0 Å². The molecule has 1 atom stereocenters. The van der Waals surface area contributed by atoms with Crippen molar-refractivity contribution in [3.05, 3.63) is 0 Å². The minimum atomic E-state index is -0.0214. The second-order valence-corrected chi connectivity index (χ2v) is 4.33. The lowest BCUT2D eigenvalue weighted by atomic mass is 9.77. The highest BCUT2D eigenvalue weighted by Gasteiger charge is 2.38. The van der Waals surface area contributed by atoms with Crippen LogP contribution in [0.5, 0.6) is 0 Å². The number of ether oxygens (including phenoxy) is 1. The van der Waals surface area contributed by atoms with Crippen LogP contribution in [0, 0.1) is 11.3 Å². The third kappa shape index (κ3) is 2.23. The Kier molecular flexibility index (Phi) is 3.34. The van der Waals surface area contributed by atoms with E-state index in [1.165, 1.54) is 25.7 Å². The molecule has 0 N–H and O–H groups in total. The summed E-state index contributed by atoms with van der Waals surface area (Å²) in [5.41, 5.74) is 0.201. The summed E-state index contributed by atoms with van der Waals surface area (Å²) >= 11 is 0. The van der Waals surface area contributed by atoms with Crippen molar-refractivity contribution in [3.63, 3.8) is 0 Å². The molecular weight excluding hydrogens is 164 g/mol. The number of hydrogen-bond acceptors (Lipinski definition) is 2. The van der Waals surface area contributed by atoms with Crippen molar-refractivity contribution in [3.8, 4) is 0 Å². The van der Waals surface area contributed by atoms with Gasteiger partial charge in [-0.05, 0) is 25.2 Å². The molecule has 2 nitrogen and oxygen atoms in total. The van der Waals surface area contributed by atoms with E-state index in [0.29, 0.717) is 6.61 Å². The predicted molar refractivity (Wildman–Crippen MR) is 52.4 cm³/mol. The van der Waals surface area contributed by atoms with Gasteiger partial charge < -0.3 is 4.74 Å². The van der Waals surface area contributed by atoms with Gasteiger partial charge in [0.25, 0.3) is 0 Å². The second kappa shape index (κ2) is 4.12. The summed E-state index contributed by atoms with van der Waals surface area (Å²) in [4.78, 5) is 11.5. The first-order valence-corrected chi connectivity index (χ1v) is 5.27. The predicted octanol–water partition coefficient (Wildman–Crippen LogP) is 2.77. The average molecular weight is 184 g/mol. The molecule has 0 heterocycles. The van der Waals surface area contributed by atoms with Gasteiger partial charge in [-0.1, -0.05) is 26.7 Å². The molecule has 1 unspecified atom stereocenters. The zero-order valence-corrected chi connectivity index (χ0v) is 8.93. The van der Waals surface area contributed by atoms with Crippen molar-refractivity contribution in [1.82, 2.24) is 0 Å². The molecule has 0 aromatic rings. The highest BCUT2D eigenvalue weighted by Crippen LogP contribution is 2.44. The van der Waals surface area contributed by atoms with E-state index in [1.807, 2.05) is 13.8 Å². The molecule has 13 heavy (non-hydrogen) atoms. The van der Waals surface area contributed by atoms with Crippen LogP contribution in [0.15, 0.2) is 0 Å². The highest BCUT2D eigenvalue weighted by atomic mass is 16.5. The summed E-state index contributed by atoms with van der Waals surface area (Å²) in [5, 5.41) is 0. The van der Waals surface area contributed by atoms with E-state index in [1.54, 1.807) is 0 Å². The Labute approximate surface area is 80.7 Å². The maximum Gasteiger partial charge on any atom is 0.309 e. The van der Waals surface area contributed by atoms with Crippen molar-refractivity contribution >= 4 is 5.97 Å². The largest absolute Gasteiger partial charge is 0.466 e. The fourth-order valence-corrected chi connectivity index (χ4v) is 2.17. The SMILES string of the molecule is CCOC(=O)C(C)C1(C)CCCC1. The fraction of sp³-hybridized carbons (Fsp3) is 0.909. The normalized spacial score (nSPS) is 22.7. The molecule has 0 amide bonds. The standard InChI is InChI=1S/C11H20O2/c1-4-13-10(12)9(2)11(3)7-5-6-8-11/h9H,4-8H2,1-3H3. The molecule has 1 aliphatic carbocycles. The third-order valence-electron chi connectivity index (χ3n) is 3.43. The minimum Gasteiger partial charge on any atom is -0.466 e. The van der Waals surface area contributed by atoms with Gasteiger partial charge in [-0.3, -0.25) is 4.79 Å². The quantitative estimate of drug-likeness (QED) is 0.630. The first-order chi connectivity index (χ1) is 6.10. The van der Waals surface area contributed by atoms with Gasteiger partial charge in [0.2, 0.25) is 0 Å². The number of esters is 1. The molecule has 76 valence electrons. The van der Waals surface area contributed by atoms with Crippen molar-refractivity contribution in [2.75, 3.05) is 6.61 Å². The molecule has 0 radical (unpaired) electrons. The maximum absolute atomic E-state index is 11.5. The molecule has 0 aromatic heterocycles. The Morgan fingerprint density at radius 2 is 2.00 bits per heavy atom. The highest BCUT2D eigenvalue weighted by molar-refractivity contribution is 5.73. The van der Waals surface area contributed by atoms with Gasteiger partial charge in [-0.25, -0.2) is 0 Å². The van der Waals surface area contributed by atoms with E-state index in [-0.39, 0.29) is 17.3 Å². The molecule has 0 bridgehead atoms. The van der Waals surface area contributed by atoms with Crippen molar-refractivity contribution in [1.29, 1.82) is 0 Å². The lowest BCUT2D eigenvalue weighted by Gasteiger charge is -2.29. The molecule has 0 saturated heterocycles. The molecule has 1 aliphatic rings. The molecule has 1 saturated carbocycles. The van der Waals surface area contributed by atoms with Crippen LogP contribution >= 0.6 is 0 Å². The zero-order chi connectivity index (χ0) is 9.90. The fourth-order valence-electron chi connectivity index (χ4n) is 2.17. The summed E-state index contributed by atoms with van der Waals surface area (Å²) < 4.78 is 5.04. The van der Waals surface area contributed by atoms with Crippen molar-refractivity contribution in [2.24, 2.45) is 11.3 Å². The molecule has 0 aromatic carbocycles. The molecule has 0 spiro atoms. The lowest BCUT2D eigenvalue weighted by molar-refractivity contribution is -0.151. The molecule has 1 rings (SSSR count). The second-order valence-electron chi connectivity index (χ2n) is 4.33. The van der Waals surface area contributed by atoms with Crippen LogP contribution in [0.1, 0.15) is 46.5 Å². The number of rotatable bonds is 3. The van der Waals surface area contributed by atoms with Crippen molar-refractivity contribution < 1.29 is 9.53 Å².